The Labute approximate surface area is 194 Å². The van der Waals surface area contributed by atoms with Crippen LogP contribution in [0, 0.1) is 6.92 Å². The average Bonchev–Trinajstić information content (AvgIpc) is 3.03. The molecule has 0 bridgehead atoms. The van der Waals surface area contributed by atoms with Crippen LogP contribution in [0.3, 0.4) is 0 Å². The third kappa shape index (κ3) is 5.20. The van der Waals surface area contributed by atoms with Crippen molar-refractivity contribution < 1.29 is 28.9 Å². The van der Waals surface area contributed by atoms with Crippen LogP contribution in [0.4, 0.5) is 0 Å². The van der Waals surface area contributed by atoms with Crippen molar-refractivity contribution in [3.8, 4) is 11.5 Å². The SMILES string of the molecule is CCOc1ccc(C2/C(=C(\O)c3ccc(OC(C)C)c(C)c3)C(=O)C(=O)N2CCOC)cc1. The number of benzene rings is 2. The first kappa shape index (κ1) is 24.3. The molecule has 0 saturated carbocycles. The molecule has 0 aliphatic carbocycles. The molecule has 2 aromatic carbocycles. The van der Waals surface area contributed by atoms with Gasteiger partial charge in [-0.25, -0.2) is 0 Å². The molecule has 1 heterocycles. The Morgan fingerprint density at radius 1 is 1.12 bits per heavy atom. The number of aryl methyl sites for hydroxylation is 1. The molecule has 0 spiro atoms. The van der Waals surface area contributed by atoms with E-state index in [1.807, 2.05) is 27.7 Å². The molecular weight excluding hydrogens is 422 g/mol. The molecular formula is C26H31NO6. The smallest absolute Gasteiger partial charge is 0.295 e. The first-order valence-corrected chi connectivity index (χ1v) is 11.1. The predicted molar refractivity (Wildman–Crippen MR) is 125 cm³/mol. The largest absolute Gasteiger partial charge is 0.507 e. The number of aliphatic hydroxyl groups excluding tert-OH is 1. The van der Waals surface area contributed by atoms with E-state index in [2.05, 4.69) is 0 Å². The summed E-state index contributed by atoms with van der Waals surface area (Å²) >= 11 is 0. The second kappa shape index (κ2) is 10.5. The number of ketones is 1. The first-order chi connectivity index (χ1) is 15.8. The minimum Gasteiger partial charge on any atom is -0.507 e. The number of likely N-dealkylation sites (tertiary alicyclic amines) is 1. The fourth-order valence-electron chi connectivity index (χ4n) is 3.90. The molecule has 1 saturated heterocycles. The van der Waals surface area contributed by atoms with Crippen molar-refractivity contribution in [1.29, 1.82) is 0 Å². The molecule has 1 unspecified atom stereocenters. The summed E-state index contributed by atoms with van der Waals surface area (Å²) in [5.41, 5.74) is 2.02. The number of rotatable bonds is 9. The van der Waals surface area contributed by atoms with Crippen LogP contribution in [-0.4, -0.2) is 54.7 Å². The van der Waals surface area contributed by atoms with Gasteiger partial charge in [0.1, 0.15) is 17.3 Å². The van der Waals surface area contributed by atoms with E-state index < -0.39 is 17.7 Å². The molecule has 0 radical (unpaired) electrons. The molecule has 1 N–H and O–H groups in total. The highest BCUT2D eigenvalue weighted by atomic mass is 16.5. The summed E-state index contributed by atoms with van der Waals surface area (Å²) < 4.78 is 16.4. The van der Waals surface area contributed by atoms with Crippen molar-refractivity contribution in [3.63, 3.8) is 0 Å². The maximum absolute atomic E-state index is 13.0. The molecule has 1 amide bonds. The van der Waals surface area contributed by atoms with Gasteiger partial charge in [0.25, 0.3) is 11.7 Å². The second-order valence-corrected chi connectivity index (χ2v) is 8.13. The van der Waals surface area contributed by atoms with E-state index in [1.165, 1.54) is 12.0 Å². The van der Waals surface area contributed by atoms with Crippen molar-refractivity contribution in [2.45, 2.75) is 39.8 Å². The number of ether oxygens (including phenoxy) is 3. The van der Waals surface area contributed by atoms with Gasteiger partial charge in [0, 0.05) is 19.2 Å². The second-order valence-electron chi connectivity index (χ2n) is 8.13. The summed E-state index contributed by atoms with van der Waals surface area (Å²) in [5.74, 6) is -0.213. The molecule has 1 aliphatic heterocycles. The lowest BCUT2D eigenvalue weighted by Gasteiger charge is -2.25. The minimum atomic E-state index is -0.734. The fourth-order valence-corrected chi connectivity index (χ4v) is 3.90. The van der Waals surface area contributed by atoms with Crippen molar-refractivity contribution in [1.82, 2.24) is 4.90 Å². The standard InChI is InChI=1S/C26H31NO6/c1-6-32-20-10-7-18(8-11-20)23-22(25(29)26(30)27(23)13-14-31-5)24(28)19-9-12-21(17(4)15-19)33-16(2)3/h7-12,15-16,23,28H,6,13-14H2,1-5H3/b24-22+. The molecule has 7 heteroatoms. The quantitative estimate of drug-likeness (QED) is 0.347. The van der Waals surface area contributed by atoms with Gasteiger partial charge in [0.05, 0.1) is 30.9 Å². The lowest BCUT2D eigenvalue weighted by molar-refractivity contribution is -0.140. The van der Waals surface area contributed by atoms with E-state index in [1.54, 1.807) is 42.5 Å². The van der Waals surface area contributed by atoms with E-state index in [0.29, 0.717) is 29.2 Å². The van der Waals surface area contributed by atoms with Gasteiger partial charge in [-0.05, 0) is 69.2 Å². The molecule has 176 valence electrons. The van der Waals surface area contributed by atoms with Crippen LogP contribution >= 0.6 is 0 Å². The lowest BCUT2D eigenvalue weighted by Crippen LogP contribution is -2.32. The zero-order chi connectivity index (χ0) is 24.1. The maximum Gasteiger partial charge on any atom is 0.295 e. The number of nitrogens with zero attached hydrogens (tertiary/aromatic N) is 1. The highest BCUT2D eigenvalue weighted by Crippen LogP contribution is 2.40. The predicted octanol–water partition coefficient (Wildman–Crippen LogP) is 4.25. The van der Waals surface area contributed by atoms with Gasteiger partial charge in [-0.3, -0.25) is 9.59 Å². The zero-order valence-electron chi connectivity index (χ0n) is 19.8. The van der Waals surface area contributed by atoms with Crippen LogP contribution in [0.15, 0.2) is 48.0 Å². The highest BCUT2D eigenvalue weighted by Gasteiger charge is 2.45. The fraction of sp³-hybridized carbons (Fsp3) is 0.385. The summed E-state index contributed by atoms with van der Waals surface area (Å²) in [6.45, 7) is 8.65. The van der Waals surface area contributed by atoms with Crippen molar-refractivity contribution in [3.05, 3.63) is 64.7 Å². The van der Waals surface area contributed by atoms with Gasteiger partial charge >= 0.3 is 0 Å². The molecule has 2 aromatic rings. The third-order valence-electron chi connectivity index (χ3n) is 5.39. The number of Topliss-reactive ketones (excluding diaryl/α,β-unsaturated/α-hetero) is 1. The number of hydrogen-bond acceptors (Lipinski definition) is 6. The van der Waals surface area contributed by atoms with Gasteiger partial charge in [-0.1, -0.05) is 12.1 Å². The first-order valence-electron chi connectivity index (χ1n) is 11.1. The van der Waals surface area contributed by atoms with Gasteiger partial charge in [-0.2, -0.15) is 0 Å². The maximum atomic E-state index is 13.0. The number of aliphatic hydroxyl groups is 1. The topological polar surface area (TPSA) is 85.3 Å². The summed E-state index contributed by atoms with van der Waals surface area (Å²) in [6.07, 6.45) is 0.00826. The average molecular weight is 454 g/mol. The van der Waals surface area contributed by atoms with Crippen molar-refractivity contribution >= 4 is 17.4 Å². The van der Waals surface area contributed by atoms with E-state index in [0.717, 1.165) is 5.56 Å². The van der Waals surface area contributed by atoms with Crippen molar-refractivity contribution in [2.24, 2.45) is 0 Å². The van der Waals surface area contributed by atoms with E-state index in [-0.39, 0.29) is 30.6 Å². The van der Waals surface area contributed by atoms with Gasteiger partial charge in [-0.15, -0.1) is 0 Å². The van der Waals surface area contributed by atoms with Crippen LogP contribution in [0.1, 0.15) is 43.5 Å². The summed E-state index contributed by atoms with van der Waals surface area (Å²) in [7, 11) is 1.53. The molecule has 1 aliphatic rings. The van der Waals surface area contributed by atoms with Gasteiger partial charge in [0.2, 0.25) is 0 Å². The zero-order valence-corrected chi connectivity index (χ0v) is 19.8. The number of amides is 1. The highest BCUT2D eigenvalue weighted by molar-refractivity contribution is 6.46. The molecule has 1 fully saturated rings. The van der Waals surface area contributed by atoms with Crippen LogP contribution < -0.4 is 9.47 Å². The van der Waals surface area contributed by atoms with Crippen LogP contribution in [-0.2, 0) is 14.3 Å². The number of carbonyl (C=O) groups excluding carboxylic acids is 2. The van der Waals surface area contributed by atoms with E-state index in [9.17, 15) is 14.7 Å². The lowest BCUT2D eigenvalue weighted by atomic mass is 9.94. The number of methoxy groups -OCH3 is 1. The van der Waals surface area contributed by atoms with Crippen LogP contribution in [0.25, 0.3) is 5.76 Å². The Hall–Kier alpha value is -3.32. The number of hydrogen-bond donors (Lipinski definition) is 1. The molecule has 7 nitrogen and oxygen atoms in total. The minimum absolute atomic E-state index is 0.00826. The summed E-state index contributed by atoms with van der Waals surface area (Å²) in [4.78, 5) is 27.4. The molecule has 3 rings (SSSR count). The molecule has 33 heavy (non-hydrogen) atoms. The van der Waals surface area contributed by atoms with Gasteiger partial charge in [0.15, 0.2) is 0 Å². The normalized spacial score (nSPS) is 17.6. The van der Waals surface area contributed by atoms with Crippen LogP contribution in [0.2, 0.25) is 0 Å². The van der Waals surface area contributed by atoms with E-state index >= 15 is 0 Å². The Morgan fingerprint density at radius 3 is 2.39 bits per heavy atom. The Kier molecular flexibility index (Phi) is 7.76. The summed E-state index contributed by atoms with van der Waals surface area (Å²) in [6, 6.07) is 11.7. The third-order valence-corrected chi connectivity index (χ3v) is 5.39. The number of carbonyl (C=O) groups is 2. The monoisotopic (exact) mass is 453 g/mol. The van der Waals surface area contributed by atoms with Gasteiger partial charge < -0.3 is 24.2 Å². The van der Waals surface area contributed by atoms with Crippen molar-refractivity contribution in [2.75, 3.05) is 26.9 Å². The Morgan fingerprint density at radius 2 is 1.82 bits per heavy atom. The molecule has 1 atom stereocenters. The Bertz CT molecular complexity index is 1040. The van der Waals surface area contributed by atoms with Crippen LogP contribution in [0.5, 0.6) is 11.5 Å². The Balaban J connectivity index is 2.09. The van der Waals surface area contributed by atoms with E-state index in [4.69, 9.17) is 14.2 Å². The molecule has 0 aromatic heterocycles. The summed E-state index contributed by atoms with van der Waals surface area (Å²) in [5, 5.41) is 11.2.